The van der Waals surface area contributed by atoms with Gasteiger partial charge >= 0.3 is 5.97 Å². The Kier molecular flexibility index (Phi) is 5.24. The molecule has 0 amide bonds. The Morgan fingerprint density at radius 2 is 2.03 bits per heavy atom. The summed E-state index contributed by atoms with van der Waals surface area (Å²) in [5, 5.41) is 0.263. The zero-order valence-electron chi connectivity index (χ0n) is 15.2. The van der Waals surface area contributed by atoms with E-state index in [1.807, 2.05) is 0 Å². The molecule has 1 aromatic carbocycles. The number of fused-ring (bicyclic) bond motifs is 2. The average Bonchev–Trinajstić information content (AvgIpc) is 3.31. The average molecular weight is 451 g/mol. The number of carbonyl (C=O) groups is 1. The van der Waals surface area contributed by atoms with Gasteiger partial charge in [-0.05, 0) is 43.2 Å². The van der Waals surface area contributed by atoms with E-state index in [4.69, 9.17) is 11.6 Å². The highest BCUT2D eigenvalue weighted by Crippen LogP contribution is 2.30. The predicted octanol–water partition coefficient (Wildman–Crippen LogP) is 3.43. The number of ether oxygens (including phenoxy) is 1. The highest BCUT2D eigenvalue weighted by Gasteiger charge is 2.26. The highest BCUT2D eigenvalue weighted by molar-refractivity contribution is 7.90. The Balaban J connectivity index is 1.87. The van der Waals surface area contributed by atoms with Gasteiger partial charge in [-0.2, -0.15) is 8.75 Å². The van der Waals surface area contributed by atoms with Gasteiger partial charge in [-0.15, -0.1) is 0 Å². The van der Waals surface area contributed by atoms with Crippen molar-refractivity contribution in [2.45, 2.75) is 24.2 Å². The van der Waals surface area contributed by atoms with Crippen molar-refractivity contribution in [3.05, 3.63) is 47.2 Å². The molecule has 0 atom stereocenters. The van der Waals surface area contributed by atoms with E-state index in [1.54, 1.807) is 30.3 Å². The number of rotatable bonds is 6. The van der Waals surface area contributed by atoms with Crippen LogP contribution in [0.2, 0.25) is 5.15 Å². The topological polar surface area (TPSA) is 104 Å². The van der Waals surface area contributed by atoms with E-state index in [1.165, 1.54) is 17.1 Å². The molecule has 0 aliphatic heterocycles. The third-order valence-corrected chi connectivity index (χ3v) is 7.01. The lowest BCUT2D eigenvalue weighted by molar-refractivity contribution is -0.140. The Hall–Kier alpha value is -2.56. The van der Waals surface area contributed by atoms with E-state index >= 15 is 0 Å². The number of carbonyl (C=O) groups excluding carboxylic acids is 1. The van der Waals surface area contributed by atoms with Crippen molar-refractivity contribution in [3.8, 4) is 0 Å². The van der Waals surface area contributed by atoms with Crippen LogP contribution in [0.15, 0.2) is 41.3 Å². The van der Waals surface area contributed by atoms with Crippen LogP contribution in [0.3, 0.4) is 0 Å². The molecule has 0 fully saturated rings. The normalized spacial score (nSPS) is 11.9. The Morgan fingerprint density at radius 1 is 1.21 bits per heavy atom. The molecule has 150 valence electrons. The Labute approximate surface area is 175 Å². The standard InChI is InChI=1S/C18H15ClN4O4S2/c1-27-17(24)7-2-4-11-10-13-14(8-9-16(19)20-13)23(11)29(25,26)15-6-3-5-12-18(15)22-28-21-12/h3,5-6,8-10H,2,4,7H2,1H3. The summed E-state index contributed by atoms with van der Waals surface area (Å²) in [6.07, 6.45) is 0.945. The van der Waals surface area contributed by atoms with Crippen LogP contribution in [0.5, 0.6) is 0 Å². The predicted molar refractivity (Wildman–Crippen MR) is 110 cm³/mol. The molecule has 0 saturated heterocycles. The number of benzene rings is 1. The van der Waals surface area contributed by atoms with Gasteiger partial charge in [-0.25, -0.2) is 17.4 Å². The summed E-state index contributed by atoms with van der Waals surface area (Å²) < 4.78 is 41.4. The molecule has 0 saturated carbocycles. The molecule has 0 aliphatic rings. The second-order valence-electron chi connectivity index (χ2n) is 6.26. The van der Waals surface area contributed by atoms with E-state index in [2.05, 4.69) is 18.5 Å². The third-order valence-electron chi connectivity index (χ3n) is 4.46. The summed E-state index contributed by atoms with van der Waals surface area (Å²) in [5.74, 6) is -0.352. The molecule has 0 N–H and O–H groups in total. The van der Waals surface area contributed by atoms with Crippen molar-refractivity contribution in [2.75, 3.05) is 7.11 Å². The van der Waals surface area contributed by atoms with Gasteiger partial charge in [0.1, 0.15) is 21.1 Å². The first-order chi connectivity index (χ1) is 13.9. The molecule has 4 rings (SSSR count). The lowest BCUT2D eigenvalue weighted by Gasteiger charge is -2.12. The number of esters is 1. The van der Waals surface area contributed by atoms with Gasteiger partial charge in [-0.3, -0.25) is 4.79 Å². The summed E-state index contributed by atoms with van der Waals surface area (Å²) in [5.41, 5.74) is 2.20. The van der Waals surface area contributed by atoms with E-state index in [0.717, 1.165) is 11.7 Å². The molecule has 8 nitrogen and oxygen atoms in total. The number of hydrogen-bond donors (Lipinski definition) is 0. The quantitative estimate of drug-likeness (QED) is 0.327. The monoisotopic (exact) mass is 450 g/mol. The first-order valence-electron chi connectivity index (χ1n) is 8.62. The van der Waals surface area contributed by atoms with Gasteiger partial charge in [0.2, 0.25) is 0 Å². The number of hydrogen-bond acceptors (Lipinski definition) is 8. The minimum atomic E-state index is -4.00. The number of pyridine rings is 1. The molecule has 4 aromatic rings. The maximum absolute atomic E-state index is 13.6. The summed E-state index contributed by atoms with van der Waals surface area (Å²) >= 11 is 6.95. The Bertz CT molecular complexity index is 1330. The van der Waals surface area contributed by atoms with Crippen molar-refractivity contribution in [1.82, 2.24) is 17.7 Å². The van der Waals surface area contributed by atoms with Crippen molar-refractivity contribution in [2.24, 2.45) is 0 Å². The zero-order valence-corrected chi connectivity index (χ0v) is 17.6. The molecule has 3 aromatic heterocycles. The van der Waals surface area contributed by atoms with Crippen LogP contribution in [-0.4, -0.2) is 39.2 Å². The third kappa shape index (κ3) is 3.59. The maximum atomic E-state index is 13.6. The molecule has 11 heteroatoms. The lowest BCUT2D eigenvalue weighted by Crippen LogP contribution is -2.16. The van der Waals surface area contributed by atoms with Crippen LogP contribution in [0.4, 0.5) is 0 Å². The fourth-order valence-corrected chi connectivity index (χ4v) is 5.62. The molecule has 3 heterocycles. The molecule has 0 bridgehead atoms. The van der Waals surface area contributed by atoms with E-state index in [9.17, 15) is 13.2 Å². The number of nitrogens with zero attached hydrogens (tertiary/aromatic N) is 4. The first-order valence-corrected chi connectivity index (χ1v) is 11.2. The summed E-state index contributed by atoms with van der Waals surface area (Å²) in [4.78, 5) is 15.7. The van der Waals surface area contributed by atoms with Crippen molar-refractivity contribution in [3.63, 3.8) is 0 Å². The van der Waals surface area contributed by atoms with Gasteiger partial charge in [0.05, 0.1) is 29.9 Å². The number of aromatic nitrogens is 4. The van der Waals surface area contributed by atoms with Gasteiger partial charge < -0.3 is 4.74 Å². The van der Waals surface area contributed by atoms with Gasteiger partial charge in [0.15, 0.2) is 0 Å². The first kappa shape index (κ1) is 19.7. The van der Waals surface area contributed by atoms with Crippen LogP contribution >= 0.6 is 23.3 Å². The molecular formula is C18H15ClN4O4S2. The minimum absolute atomic E-state index is 0.0606. The summed E-state index contributed by atoms with van der Waals surface area (Å²) in [6, 6.07) is 9.69. The fourth-order valence-electron chi connectivity index (χ4n) is 3.15. The molecule has 0 unspecified atom stereocenters. The van der Waals surface area contributed by atoms with Crippen molar-refractivity contribution in [1.29, 1.82) is 0 Å². The SMILES string of the molecule is COC(=O)CCCc1cc2nc(Cl)ccc2n1S(=O)(=O)c1cccc2nsnc12. The van der Waals surface area contributed by atoms with Crippen LogP contribution in [0.1, 0.15) is 18.5 Å². The number of aryl methyl sites for hydroxylation is 1. The van der Waals surface area contributed by atoms with E-state index in [-0.39, 0.29) is 22.4 Å². The van der Waals surface area contributed by atoms with Gasteiger partial charge in [0, 0.05) is 12.1 Å². The maximum Gasteiger partial charge on any atom is 0.305 e. The largest absolute Gasteiger partial charge is 0.469 e. The van der Waals surface area contributed by atoms with Crippen molar-refractivity contribution >= 4 is 61.4 Å². The highest BCUT2D eigenvalue weighted by atomic mass is 35.5. The molecular weight excluding hydrogens is 436 g/mol. The summed E-state index contributed by atoms with van der Waals surface area (Å²) in [6.45, 7) is 0. The Morgan fingerprint density at radius 3 is 2.83 bits per heavy atom. The molecule has 0 spiro atoms. The van der Waals surface area contributed by atoms with Gasteiger partial charge in [-0.1, -0.05) is 17.7 Å². The van der Waals surface area contributed by atoms with Crippen LogP contribution in [0.25, 0.3) is 22.1 Å². The molecule has 0 aliphatic carbocycles. The lowest BCUT2D eigenvalue weighted by atomic mass is 10.2. The van der Waals surface area contributed by atoms with Crippen LogP contribution < -0.4 is 0 Å². The van der Waals surface area contributed by atoms with Gasteiger partial charge in [0.25, 0.3) is 10.0 Å². The summed E-state index contributed by atoms with van der Waals surface area (Å²) in [7, 11) is -2.68. The van der Waals surface area contributed by atoms with Crippen molar-refractivity contribution < 1.29 is 17.9 Å². The van der Waals surface area contributed by atoms with Crippen LogP contribution in [-0.2, 0) is 26.0 Å². The zero-order chi connectivity index (χ0) is 20.6. The minimum Gasteiger partial charge on any atom is -0.469 e. The van der Waals surface area contributed by atoms with E-state index in [0.29, 0.717) is 40.6 Å². The second kappa shape index (κ2) is 7.69. The molecule has 0 radical (unpaired) electrons. The molecule has 29 heavy (non-hydrogen) atoms. The fraction of sp³-hybridized carbons (Fsp3) is 0.222. The van der Waals surface area contributed by atoms with E-state index < -0.39 is 10.0 Å². The number of halogens is 1. The van der Waals surface area contributed by atoms with Crippen LogP contribution in [0, 0.1) is 0 Å². The smallest absolute Gasteiger partial charge is 0.305 e. The second-order valence-corrected chi connectivity index (χ2v) is 8.93. The number of methoxy groups -OCH3 is 1.